The molecule has 0 fully saturated rings. The Bertz CT molecular complexity index is 1400. The third kappa shape index (κ3) is 18.9. The van der Waals surface area contributed by atoms with Gasteiger partial charge in [-0.05, 0) is 61.0 Å². The number of nitrogens with two attached hydrogens (primary N) is 3. The monoisotopic (exact) mass is 686 g/mol. The Labute approximate surface area is 288 Å². The van der Waals surface area contributed by atoms with Crippen molar-refractivity contribution < 1.29 is 13.2 Å². The first-order valence-electron chi connectivity index (χ1n) is 16.7. The minimum absolute atomic E-state index is 0. The van der Waals surface area contributed by atoms with Crippen molar-refractivity contribution in [1.29, 1.82) is 0 Å². The zero-order valence-corrected chi connectivity index (χ0v) is 29.5. The van der Waals surface area contributed by atoms with Gasteiger partial charge in [-0.1, -0.05) is 115 Å². The molecule has 0 saturated heterocycles. The highest BCUT2D eigenvalue weighted by Crippen LogP contribution is 2.26. The molecule has 0 bridgehead atoms. The van der Waals surface area contributed by atoms with Crippen molar-refractivity contribution in [2.24, 2.45) is 10.2 Å². The highest BCUT2D eigenvalue weighted by Gasteiger charge is 2.16. The van der Waals surface area contributed by atoms with Crippen LogP contribution in [0.2, 0.25) is 0 Å². The minimum atomic E-state index is -3.80. The number of unbranched alkanes of at least 4 members (excludes halogenated alkanes) is 14. The van der Waals surface area contributed by atoms with Crippen LogP contribution in [0.3, 0.4) is 0 Å². The summed E-state index contributed by atoms with van der Waals surface area (Å²) in [5.74, 6) is -0.443. The van der Waals surface area contributed by atoms with Gasteiger partial charge < -0.3 is 17.2 Å². The molecule has 0 aliphatic carbocycles. The topological polar surface area (TPSA) is 166 Å². The molecule has 11 heteroatoms. The van der Waals surface area contributed by atoms with Crippen LogP contribution in [0.15, 0.2) is 87.9 Å². The second kappa shape index (κ2) is 24.5. The summed E-state index contributed by atoms with van der Waals surface area (Å²) in [6.07, 6.45) is 19.2. The van der Waals surface area contributed by atoms with E-state index in [1.54, 1.807) is 18.2 Å². The van der Waals surface area contributed by atoms with E-state index in [9.17, 15) is 13.2 Å². The van der Waals surface area contributed by atoms with E-state index < -0.39 is 15.9 Å². The lowest BCUT2D eigenvalue weighted by atomic mass is 10.0. The van der Waals surface area contributed by atoms with Gasteiger partial charge in [-0.15, -0.1) is 17.5 Å². The number of halogens is 1. The molecule has 0 atom stereocenters. The van der Waals surface area contributed by atoms with Gasteiger partial charge in [0.15, 0.2) is 0 Å². The summed E-state index contributed by atoms with van der Waals surface area (Å²) >= 11 is 0. The van der Waals surface area contributed by atoms with Gasteiger partial charge in [-0.2, -0.15) is 5.11 Å². The Morgan fingerprint density at radius 1 is 0.638 bits per heavy atom. The zero-order valence-electron chi connectivity index (χ0n) is 27.9. The highest BCUT2D eigenvalue weighted by atomic mass is 35.5. The van der Waals surface area contributed by atoms with E-state index in [0.717, 1.165) is 24.9 Å². The maximum atomic E-state index is 12.1. The third-order valence-corrected chi connectivity index (χ3v) is 8.92. The van der Waals surface area contributed by atoms with Crippen LogP contribution < -0.4 is 21.9 Å². The van der Waals surface area contributed by atoms with Crippen molar-refractivity contribution in [3.8, 4) is 0 Å². The number of nitrogens with one attached hydrogen (secondary N) is 1. The fourth-order valence-electron chi connectivity index (χ4n) is 4.83. The van der Waals surface area contributed by atoms with E-state index in [1.165, 1.54) is 101 Å². The first-order valence-corrected chi connectivity index (χ1v) is 18.2. The van der Waals surface area contributed by atoms with Gasteiger partial charge in [0.2, 0.25) is 5.91 Å². The number of nitrogen functional groups attached to an aromatic ring is 3. The van der Waals surface area contributed by atoms with Gasteiger partial charge >= 0.3 is 0 Å². The molecule has 0 aliphatic heterocycles. The SMILES string of the molecule is CCCCCCCCCCCCCCCCCC(=O)NS(=O)(=O)c1ccc(N)cc1.Cl.Nc1ccc(N=Nc2ccccc2)c(N)c1. The van der Waals surface area contributed by atoms with Crippen molar-refractivity contribution >= 4 is 56.8 Å². The van der Waals surface area contributed by atoms with Crippen LogP contribution in [0.4, 0.5) is 28.4 Å². The number of benzene rings is 3. The van der Waals surface area contributed by atoms with Gasteiger partial charge in [0.25, 0.3) is 10.0 Å². The molecule has 7 N–H and O–H groups in total. The number of amides is 1. The lowest BCUT2D eigenvalue weighted by Gasteiger charge is -2.07. The molecular formula is C36H55ClN6O3S. The molecule has 260 valence electrons. The number of carbonyl (C=O) groups excluding carboxylic acids is 1. The fourth-order valence-corrected chi connectivity index (χ4v) is 5.85. The van der Waals surface area contributed by atoms with Crippen molar-refractivity contribution in [1.82, 2.24) is 4.72 Å². The summed E-state index contributed by atoms with van der Waals surface area (Å²) < 4.78 is 26.4. The quantitative estimate of drug-likeness (QED) is 0.0524. The van der Waals surface area contributed by atoms with Gasteiger partial charge in [-0.25, -0.2) is 13.1 Å². The second-order valence-electron chi connectivity index (χ2n) is 11.7. The van der Waals surface area contributed by atoms with Crippen LogP contribution in [0, 0.1) is 0 Å². The Balaban J connectivity index is 0.000000544. The summed E-state index contributed by atoms with van der Waals surface area (Å²) in [5, 5.41) is 8.13. The number of hydrogen-bond donors (Lipinski definition) is 4. The van der Waals surface area contributed by atoms with E-state index >= 15 is 0 Å². The molecule has 3 aromatic rings. The van der Waals surface area contributed by atoms with Gasteiger partial charge in [0, 0.05) is 17.8 Å². The normalized spacial score (nSPS) is 11.0. The lowest BCUT2D eigenvalue weighted by molar-refractivity contribution is -0.119. The highest BCUT2D eigenvalue weighted by molar-refractivity contribution is 7.90. The molecule has 0 heterocycles. The van der Waals surface area contributed by atoms with E-state index in [0.29, 0.717) is 22.7 Å². The van der Waals surface area contributed by atoms with Crippen LogP contribution in [0.1, 0.15) is 110 Å². The molecule has 1 amide bonds. The number of carbonyl (C=O) groups is 1. The lowest BCUT2D eigenvalue weighted by Crippen LogP contribution is -2.30. The summed E-state index contributed by atoms with van der Waals surface area (Å²) in [5.41, 5.74) is 19.9. The molecule has 0 radical (unpaired) electrons. The van der Waals surface area contributed by atoms with E-state index in [1.807, 2.05) is 30.3 Å². The number of sulfonamides is 1. The standard InChI is InChI=1S/C24H42N2O3S.C12H12N4.ClH/c1-2-3-4-5-6-7-8-9-10-11-12-13-14-15-16-17-24(27)26-30(28,29)23-20-18-22(25)19-21-23;13-9-6-7-12(11(14)8-9)16-15-10-4-2-1-3-5-10;/h18-21H,2-17,25H2,1H3,(H,26,27);1-8H,13-14H2;1H. The Kier molecular flexibility index (Phi) is 21.6. The van der Waals surface area contributed by atoms with Crippen LogP contribution in [0.5, 0.6) is 0 Å². The molecule has 0 spiro atoms. The summed E-state index contributed by atoms with van der Waals surface area (Å²) in [4.78, 5) is 12.0. The van der Waals surface area contributed by atoms with Crippen LogP contribution in [-0.4, -0.2) is 14.3 Å². The van der Waals surface area contributed by atoms with Gasteiger partial charge in [0.1, 0.15) is 5.69 Å². The average molecular weight is 687 g/mol. The Hall–Kier alpha value is -3.63. The molecule has 3 rings (SSSR count). The predicted octanol–water partition coefficient (Wildman–Crippen LogP) is 10.0. The molecule has 9 nitrogen and oxygen atoms in total. The number of rotatable bonds is 20. The summed E-state index contributed by atoms with van der Waals surface area (Å²) in [6, 6.07) is 20.5. The smallest absolute Gasteiger partial charge is 0.264 e. The largest absolute Gasteiger partial charge is 0.399 e. The number of hydrogen-bond acceptors (Lipinski definition) is 8. The Morgan fingerprint density at radius 3 is 1.64 bits per heavy atom. The van der Waals surface area contributed by atoms with Crippen LogP contribution >= 0.6 is 12.4 Å². The van der Waals surface area contributed by atoms with Crippen molar-refractivity contribution in [3.63, 3.8) is 0 Å². The first-order chi connectivity index (χ1) is 22.2. The Morgan fingerprint density at radius 2 is 1.13 bits per heavy atom. The van der Waals surface area contributed by atoms with E-state index in [4.69, 9.17) is 17.2 Å². The molecule has 47 heavy (non-hydrogen) atoms. The first kappa shape index (κ1) is 41.4. The summed E-state index contributed by atoms with van der Waals surface area (Å²) in [6.45, 7) is 2.26. The van der Waals surface area contributed by atoms with Crippen molar-refractivity contribution in [2.45, 2.75) is 115 Å². The van der Waals surface area contributed by atoms with Crippen molar-refractivity contribution in [2.75, 3.05) is 17.2 Å². The molecule has 0 unspecified atom stereocenters. The number of azo groups is 1. The molecular weight excluding hydrogens is 632 g/mol. The maximum Gasteiger partial charge on any atom is 0.264 e. The van der Waals surface area contributed by atoms with Crippen molar-refractivity contribution in [3.05, 3.63) is 72.8 Å². The molecule has 0 saturated carbocycles. The minimum Gasteiger partial charge on any atom is -0.399 e. The van der Waals surface area contributed by atoms with E-state index in [2.05, 4.69) is 21.9 Å². The van der Waals surface area contributed by atoms with Crippen LogP contribution in [-0.2, 0) is 14.8 Å². The molecule has 3 aromatic carbocycles. The maximum absolute atomic E-state index is 12.1. The molecule has 0 aromatic heterocycles. The predicted molar refractivity (Wildman–Crippen MR) is 199 cm³/mol. The van der Waals surface area contributed by atoms with Crippen LogP contribution in [0.25, 0.3) is 0 Å². The fraction of sp³-hybridized carbons (Fsp3) is 0.472. The van der Waals surface area contributed by atoms with Gasteiger partial charge in [0.05, 0.1) is 16.3 Å². The second-order valence-corrected chi connectivity index (χ2v) is 13.3. The molecule has 0 aliphatic rings. The third-order valence-electron chi connectivity index (χ3n) is 7.53. The zero-order chi connectivity index (χ0) is 33.5. The average Bonchev–Trinajstić information content (AvgIpc) is 3.03. The summed E-state index contributed by atoms with van der Waals surface area (Å²) in [7, 11) is -3.80. The van der Waals surface area contributed by atoms with Gasteiger partial charge in [-0.3, -0.25) is 4.79 Å². The number of nitrogens with zero attached hydrogens (tertiary/aromatic N) is 2. The number of anilines is 3. The van der Waals surface area contributed by atoms with E-state index in [-0.39, 0.29) is 23.7 Å².